The molecule has 198 valence electrons. The van der Waals surface area contributed by atoms with Crippen LogP contribution in [0.25, 0.3) is 16.9 Å². The van der Waals surface area contributed by atoms with E-state index < -0.39 is 35.0 Å². The molecule has 3 heterocycles. The highest BCUT2D eigenvalue weighted by Gasteiger charge is 2.38. The number of nitrogens with zero attached hydrogens (tertiary/aromatic N) is 7. The van der Waals surface area contributed by atoms with Gasteiger partial charge in [0.05, 0.1) is 16.8 Å². The van der Waals surface area contributed by atoms with Gasteiger partial charge in [0.2, 0.25) is 0 Å². The summed E-state index contributed by atoms with van der Waals surface area (Å²) in [6.45, 7) is 2.50. The van der Waals surface area contributed by atoms with Gasteiger partial charge in [-0.3, -0.25) is 4.79 Å². The van der Waals surface area contributed by atoms with Crippen LogP contribution >= 0.6 is 0 Å². The van der Waals surface area contributed by atoms with Gasteiger partial charge in [0.15, 0.2) is 17.0 Å². The average molecular weight is 535 g/mol. The summed E-state index contributed by atoms with van der Waals surface area (Å²) in [5.74, 6) is -0.460. The van der Waals surface area contributed by atoms with Gasteiger partial charge in [-0.25, -0.2) is 9.97 Å². The maximum Gasteiger partial charge on any atom is 0.416 e. The van der Waals surface area contributed by atoms with Gasteiger partial charge < -0.3 is 9.80 Å². The number of carbonyl (C=O) groups excluding carboxylic acids is 1. The van der Waals surface area contributed by atoms with E-state index in [-0.39, 0.29) is 32.2 Å². The van der Waals surface area contributed by atoms with Crippen LogP contribution in [0, 0.1) is 6.92 Å². The fourth-order valence-electron chi connectivity index (χ4n) is 4.21. The number of aryl methyl sites for hydroxylation is 1. The minimum Gasteiger partial charge on any atom is -0.351 e. The molecule has 0 saturated carbocycles. The van der Waals surface area contributed by atoms with Crippen LogP contribution in [0.3, 0.4) is 0 Å². The van der Waals surface area contributed by atoms with Gasteiger partial charge in [0, 0.05) is 31.7 Å². The van der Waals surface area contributed by atoms with Crippen molar-refractivity contribution in [1.82, 2.24) is 29.9 Å². The summed E-state index contributed by atoms with van der Waals surface area (Å²) < 4.78 is 80.8. The Morgan fingerprint density at radius 1 is 0.842 bits per heavy atom. The lowest BCUT2D eigenvalue weighted by Crippen LogP contribution is -2.49. The molecule has 0 radical (unpaired) electrons. The molecule has 0 atom stereocenters. The predicted molar refractivity (Wildman–Crippen MR) is 124 cm³/mol. The quantitative estimate of drug-likeness (QED) is 0.359. The van der Waals surface area contributed by atoms with E-state index in [9.17, 15) is 31.1 Å². The fraction of sp³-hybridized carbons (Fsp3) is 0.292. The molecule has 2 aromatic heterocycles. The number of carbonyl (C=O) groups is 1. The van der Waals surface area contributed by atoms with E-state index >= 15 is 0 Å². The summed E-state index contributed by atoms with van der Waals surface area (Å²) in [6, 6.07) is 8.47. The van der Waals surface area contributed by atoms with Crippen molar-refractivity contribution in [2.75, 3.05) is 31.1 Å². The number of hydrogen-bond donors (Lipinski definition) is 0. The number of fused-ring (bicyclic) bond motifs is 1. The van der Waals surface area contributed by atoms with Crippen LogP contribution in [0.1, 0.15) is 27.0 Å². The lowest BCUT2D eigenvalue weighted by molar-refractivity contribution is -0.143. The van der Waals surface area contributed by atoms with Crippen molar-refractivity contribution in [1.29, 1.82) is 0 Å². The van der Waals surface area contributed by atoms with Crippen LogP contribution < -0.4 is 4.90 Å². The van der Waals surface area contributed by atoms with Crippen LogP contribution in [0.5, 0.6) is 0 Å². The number of rotatable bonds is 3. The van der Waals surface area contributed by atoms with Crippen molar-refractivity contribution in [2.45, 2.75) is 19.3 Å². The first-order valence-electron chi connectivity index (χ1n) is 11.4. The summed E-state index contributed by atoms with van der Waals surface area (Å²) in [4.78, 5) is 24.5. The Labute approximate surface area is 211 Å². The molecule has 0 spiro atoms. The first-order chi connectivity index (χ1) is 17.9. The smallest absolute Gasteiger partial charge is 0.351 e. The molecule has 4 aromatic rings. The minimum absolute atomic E-state index is 0.00114. The number of halogens is 6. The van der Waals surface area contributed by atoms with Gasteiger partial charge in [-0.1, -0.05) is 22.9 Å². The molecule has 0 bridgehead atoms. The second kappa shape index (κ2) is 9.26. The zero-order valence-electron chi connectivity index (χ0n) is 19.8. The van der Waals surface area contributed by atoms with Gasteiger partial charge in [-0.2, -0.15) is 31.0 Å². The van der Waals surface area contributed by atoms with Crippen molar-refractivity contribution in [2.24, 2.45) is 0 Å². The Morgan fingerprint density at radius 3 is 2.03 bits per heavy atom. The van der Waals surface area contributed by atoms with E-state index in [2.05, 4.69) is 20.3 Å². The highest BCUT2D eigenvalue weighted by molar-refractivity contribution is 5.95. The second-order valence-corrected chi connectivity index (χ2v) is 8.78. The Balaban J connectivity index is 1.36. The Morgan fingerprint density at radius 2 is 1.45 bits per heavy atom. The standard InChI is InChI=1S/C24H19F6N7O/c1-14-2-4-18(5-3-14)37-21-19(33-34-37)20(31-13-32-21)35-6-8-36(9-7-35)22(38)15-10-16(23(25,26)27)12-17(11-15)24(28,29)30/h2-5,10-13H,6-9H2,1H3. The molecule has 1 fully saturated rings. The van der Waals surface area contributed by atoms with Crippen LogP contribution in [-0.2, 0) is 12.4 Å². The van der Waals surface area contributed by atoms with Crippen molar-refractivity contribution >= 4 is 22.9 Å². The molecule has 14 heteroatoms. The average Bonchev–Trinajstić information content (AvgIpc) is 3.32. The molecule has 5 rings (SSSR count). The predicted octanol–water partition coefficient (Wildman–Crippen LogP) is 4.52. The van der Waals surface area contributed by atoms with Crippen LogP contribution in [0.4, 0.5) is 32.2 Å². The van der Waals surface area contributed by atoms with Crippen molar-refractivity contribution in [3.63, 3.8) is 0 Å². The third-order valence-corrected chi connectivity index (χ3v) is 6.20. The summed E-state index contributed by atoms with van der Waals surface area (Å²) >= 11 is 0. The lowest BCUT2D eigenvalue weighted by atomic mass is 10.0. The van der Waals surface area contributed by atoms with Crippen molar-refractivity contribution < 1.29 is 31.1 Å². The Kier molecular flexibility index (Phi) is 6.19. The minimum atomic E-state index is -5.04. The molecule has 0 aliphatic carbocycles. The Bertz CT molecular complexity index is 1460. The van der Waals surface area contributed by atoms with Crippen LogP contribution in [0.15, 0.2) is 48.8 Å². The monoisotopic (exact) mass is 535 g/mol. The molecule has 38 heavy (non-hydrogen) atoms. The van der Waals surface area contributed by atoms with E-state index in [1.54, 1.807) is 4.68 Å². The van der Waals surface area contributed by atoms with Gasteiger partial charge in [0.1, 0.15) is 6.33 Å². The third kappa shape index (κ3) is 4.85. The van der Waals surface area contributed by atoms with E-state index in [4.69, 9.17) is 0 Å². The second-order valence-electron chi connectivity index (χ2n) is 8.78. The van der Waals surface area contributed by atoms with Gasteiger partial charge in [-0.05, 0) is 37.3 Å². The summed E-state index contributed by atoms with van der Waals surface area (Å²) in [6.07, 6.45) is -8.72. The number of piperazine rings is 1. The summed E-state index contributed by atoms with van der Waals surface area (Å²) in [5, 5.41) is 8.39. The first kappa shape index (κ1) is 25.4. The molecular formula is C24H19F6N7O. The molecule has 2 aromatic carbocycles. The zero-order chi connectivity index (χ0) is 27.2. The van der Waals surface area contributed by atoms with Gasteiger partial charge >= 0.3 is 12.4 Å². The molecule has 8 nitrogen and oxygen atoms in total. The lowest BCUT2D eigenvalue weighted by Gasteiger charge is -2.35. The number of amides is 1. The molecule has 1 aliphatic heterocycles. The number of anilines is 1. The highest BCUT2D eigenvalue weighted by atomic mass is 19.4. The molecule has 0 unspecified atom stereocenters. The van der Waals surface area contributed by atoms with Crippen LogP contribution in [-0.4, -0.2) is 61.9 Å². The largest absolute Gasteiger partial charge is 0.416 e. The normalized spacial score (nSPS) is 14.8. The maximum atomic E-state index is 13.2. The van der Waals surface area contributed by atoms with E-state index in [1.807, 2.05) is 36.1 Å². The number of benzene rings is 2. The molecule has 0 N–H and O–H groups in total. The molecule has 1 aliphatic rings. The van der Waals surface area contributed by atoms with Crippen LogP contribution in [0.2, 0.25) is 0 Å². The third-order valence-electron chi connectivity index (χ3n) is 6.20. The van der Waals surface area contributed by atoms with Crippen molar-refractivity contribution in [3.05, 3.63) is 71.0 Å². The van der Waals surface area contributed by atoms with E-state index in [1.165, 1.54) is 11.2 Å². The number of aromatic nitrogens is 5. The number of hydrogen-bond acceptors (Lipinski definition) is 6. The zero-order valence-corrected chi connectivity index (χ0v) is 19.8. The molecular weight excluding hydrogens is 516 g/mol. The molecule has 1 saturated heterocycles. The summed E-state index contributed by atoms with van der Waals surface area (Å²) in [7, 11) is 0. The highest BCUT2D eigenvalue weighted by Crippen LogP contribution is 2.36. The van der Waals surface area contributed by atoms with E-state index in [0.717, 1.165) is 11.3 Å². The maximum absolute atomic E-state index is 13.2. The topological polar surface area (TPSA) is 80.0 Å². The fourth-order valence-corrected chi connectivity index (χ4v) is 4.21. The van der Waals surface area contributed by atoms with Gasteiger partial charge in [-0.15, -0.1) is 5.10 Å². The van der Waals surface area contributed by atoms with E-state index in [0.29, 0.717) is 29.1 Å². The first-order valence-corrected chi connectivity index (χ1v) is 11.4. The number of alkyl halides is 6. The summed E-state index contributed by atoms with van der Waals surface area (Å²) in [5.41, 5.74) is -1.05. The van der Waals surface area contributed by atoms with Crippen molar-refractivity contribution in [3.8, 4) is 5.69 Å². The SMILES string of the molecule is Cc1ccc(-n2nnc3c(N4CCN(C(=O)c5cc(C(F)(F)F)cc(C(F)(F)F)c5)CC4)ncnc32)cc1. The van der Waals surface area contributed by atoms with Gasteiger partial charge in [0.25, 0.3) is 5.91 Å². The Hall–Kier alpha value is -4.23. The molecule has 1 amide bonds.